The van der Waals surface area contributed by atoms with Crippen LogP contribution in [0.3, 0.4) is 0 Å². The molecule has 0 radical (unpaired) electrons. The average molecular weight is 841 g/mol. The second-order valence-corrected chi connectivity index (χ2v) is 18.6. The fourth-order valence-corrected chi connectivity index (χ4v) is 9.36. The third kappa shape index (κ3) is 7.37. The molecule has 318 valence electrons. The molecule has 0 N–H and O–H groups in total. The van der Waals surface area contributed by atoms with Gasteiger partial charge in [0.25, 0.3) is 0 Å². The molecule has 5 nitrogen and oxygen atoms in total. The number of rotatable bonds is 9. The lowest BCUT2D eigenvalue weighted by molar-refractivity contribution is 0.483. The Morgan fingerprint density at radius 2 is 1.25 bits per heavy atom. The van der Waals surface area contributed by atoms with E-state index in [1.54, 1.807) is 12.1 Å². The Bertz CT molecular complexity index is 3170. The summed E-state index contributed by atoms with van der Waals surface area (Å²) < 4.78 is 24.6. The summed E-state index contributed by atoms with van der Waals surface area (Å²) in [6.45, 7) is 16.3. The number of nitrogens with zero attached hydrogens (tertiary/aromatic N) is 4. The third-order valence-corrected chi connectivity index (χ3v) is 12.6. The first kappa shape index (κ1) is 40.9. The van der Waals surface area contributed by atoms with Gasteiger partial charge in [0, 0.05) is 46.0 Å². The van der Waals surface area contributed by atoms with Gasteiger partial charge in [-0.2, -0.15) is 0 Å². The van der Waals surface area contributed by atoms with Crippen LogP contribution in [0, 0.1) is 5.82 Å². The van der Waals surface area contributed by atoms with E-state index in [4.69, 9.17) is 9.72 Å². The first-order valence-electron chi connectivity index (χ1n) is 22.4. The van der Waals surface area contributed by atoms with Gasteiger partial charge in [-0.15, -0.1) is 0 Å². The molecule has 0 unspecified atom stereocenters. The SMILES string of the molecule is CC(C)c1cc(-c2ccccc2F)cc(C(C)C)c1N1CN(c2cc(Oc3ccc4c5ccccc5n(-c5ccccn5)c4c3)cc(-c3cccc(C(C)(C)C)c3)c2)c2ccccc21. The molecule has 10 rings (SSSR count). The van der Waals surface area contributed by atoms with Gasteiger partial charge in [-0.1, -0.05) is 127 Å². The maximum Gasteiger partial charge on any atom is 0.137 e. The quantitative estimate of drug-likeness (QED) is 0.145. The molecule has 7 aromatic carbocycles. The number of aromatic nitrogens is 2. The van der Waals surface area contributed by atoms with E-state index in [0.29, 0.717) is 12.2 Å². The van der Waals surface area contributed by atoms with E-state index in [0.717, 1.165) is 72.9 Å². The topological polar surface area (TPSA) is 33.5 Å². The molecule has 0 fully saturated rings. The number of halogens is 1. The highest BCUT2D eigenvalue weighted by molar-refractivity contribution is 6.09. The van der Waals surface area contributed by atoms with E-state index < -0.39 is 0 Å². The maximum absolute atomic E-state index is 15.4. The summed E-state index contributed by atoms with van der Waals surface area (Å²) in [6, 6.07) is 56.6. The summed E-state index contributed by atoms with van der Waals surface area (Å²) in [4.78, 5) is 9.62. The van der Waals surface area contributed by atoms with Crippen LogP contribution in [0.4, 0.5) is 27.1 Å². The molecule has 9 aromatic rings. The molecule has 0 atom stereocenters. The van der Waals surface area contributed by atoms with Crippen LogP contribution in [-0.2, 0) is 5.41 Å². The Kier molecular flexibility index (Phi) is 10.3. The zero-order chi connectivity index (χ0) is 44.3. The van der Waals surface area contributed by atoms with Crippen LogP contribution in [0.25, 0.3) is 49.9 Å². The molecular formula is C58H53FN4O. The van der Waals surface area contributed by atoms with Crippen molar-refractivity contribution >= 4 is 44.6 Å². The number of pyridine rings is 1. The second-order valence-electron chi connectivity index (χ2n) is 18.6. The van der Waals surface area contributed by atoms with Crippen molar-refractivity contribution in [2.24, 2.45) is 0 Å². The molecule has 3 heterocycles. The van der Waals surface area contributed by atoms with Crippen molar-refractivity contribution in [1.82, 2.24) is 9.55 Å². The number of benzene rings is 7. The Morgan fingerprint density at radius 3 is 1.97 bits per heavy atom. The third-order valence-electron chi connectivity index (χ3n) is 12.6. The van der Waals surface area contributed by atoms with Crippen molar-refractivity contribution in [3.63, 3.8) is 0 Å². The maximum atomic E-state index is 15.4. The number of fused-ring (bicyclic) bond motifs is 4. The van der Waals surface area contributed by atoms with Crippen molar-refractivity contribution in [3.8, 4) is 39.6 Å². The van der Waals surface area contributed by atoms with Gasteiger partial charge in [-0.05, 0) is 123 Å². The van der Waals surface area contributed by atoms with Crippen LogP contribution >= 0.6 is 0 Å². The summed E-state index contributed by atoms with van der Waals surface area (Å²) >= 11 is 0. The summed E-state index contributed by atoms with van der Waals surface area (Å²) in [7, 11) is 0. The normalized spacial score (nSPS) is 12.8. The molecule has 0 amide bonds. The lowest BCUT2D eigenvalue weighted by Gasteiger charge is -2.30. The van der Waals surface area contributed by atoms with Gasteiger partial charge >= 0.3 is 0 Å². The predicted molar refractivity (Wildman–Crippen MR) is 265 cm³/mol. The van der Waals surface area contributed by atoms with Crippen molar-refractivity contribution in [2.45, 2.75) is 65.7 Å². The van der Waals surface area contributed by atoms with Crippen LogP contribution in [-0.4, -0.2) is 16.2 Å². The molecule has 0 saturated carbocycles. The summed E-state index contributed by atoms with van der Waals surface area (Å²) in [6.07, 6.45) is 1.84. The van der Waals surface area contributed by atoms with Gasteiger partial charge in [0.05, 0.1) is 22.4 Å². The van der Waals surface area contributed by atoms with Crippen LogP contribution < -0.4 is 14.5 Å². The lowest BCUT2D eigenvalue weighted by Crippen LogP contribution is -2.26. The van der Waals surface area contributed by atoms with Gasteiger partial charge in [0.15, 0.2) is 0 Å². The van der Waals surface area contributed by atoms with Gasteiger partial charge < -0.3 is 14.5 Å². The van der Waals surface area contributed by atoms with Crippen molar-refractivity contribution in [2.75, 3.05) is 16.5 Å². The van der Waals surface area contributed by atoms with Crippen LogP contribution in [0.2, 0.25) is 0 Å². The van der Waals surface area contributed by atoms with E-state index in [9.17, 15) is 0 Å². The number of hydrogen-bond donors (Lipinski definition) is 0. The first-order chi connectivity index (χ1) is 30.9. The van der Waals surface area contributed by atoms with Crippen molar-refractivity contribution in [1.29, 1.82) is 0 Å². The smallest absolute Gasteiger partial charge is 0.137 e. The molecule has 0 saturated heterocycles. The highest BCUT2D eigenvalue weighted by Crippen LogP contribution is 2.50. The van der Waals surface area contributed by atoms with Gasteiger partial charge in [0.1, 0.15) is 29.8 Å². The predicted octanol–water partition coefficient (Wildman–Crippen LogP) is 16.2. The minimum absolute atomic E-state index is 0.0209. The second kappa shape index (κ2) is 16.2. The molecule has 2 aromatic heterocycles. The number of para-hydroxylation sites is 3. The van der Waals surface area contributed by atoms with E-state index in [-0.39, 0.29) is 23.1 Å². The Morgan fingerprint density at radius 1 is 0.562 bits per heavy atom. The summed E-state index contributed by atoms with van der Waals surface area (Å²) in [5.41, 5.74) is 13.9. The largest absolute Gasteiger partial charge is 0.457 e. The van der Waals surface area contributed by atoms with E-state index in [1.165, 1.54) is 22.4 Å². The highest BCUT2D eigenvalue weighted by atomic mass is 19.1. The number of ether oxygens (including phenoxy) is 1. The lowest BCUT2D eigenvalue weighted by atomic mass is 9.85. The fourth-order valence-electron chi connectivity index (χ4n) is 9.36. The first-order valence-corrected chi connectivity index (χ1v) is 22.4. The Labute approximate surface area is 376 Å². The minimum atomic E-state index is -0.209. The molecular weight excluding hydrogens is 788 g/mol. The standard InChI is InChI=1S/C58H53FN4O/c1-37(2)49-32-41(46-19-8-10-21-51(46)59)33-50(38(3)4)57(49)62-36-61(53-23-12-13-24-54(53)62)43-30-40(39-17-16-18-42(29-39)58(5,6)7)31-45(34-43)64-44-26-27-48-47-20-9-11-22-52(47)63(55(48)35-44)56-25-14-15-28-60-56/h8-35,37-38H,36H2,1-7H3. The molecule has 1 aliphatic rings. The van der Waals surface area contributed by atoms with Gasteiger partial charge in [-0.25, -0.2) is 9.37 Å². The molecule has 0 aliphatic carbocycles. The molecule has 0 bridgehead atoms. The number of anilines is 4. The van der Waals surface area contributed by atoms with Gasteiger partial charge in [0.2, 0.25) is 0 Å². The van der Waals surface area contributed by atoms with Gasteiger partial charge in [-0.3, -0.25) is 4.57 Å². The van der Waals surface area contributed by atoms with Crippen LogP contribution in [0.5, 0.6) is 11.5 Å². The minimum Gasteiger partial charge on any atom is -0.457 e. The fraction of sp³-hybridized carbons (Fsp3) is 0.190. The zero-order valence-corrected chi connectivity index (χ0v) is 37.6. The molecule has 1 aliphatic heterocycles. The van der Waals surface area contributed by atoms with Crippen LogP contribution in [0.1, 0.15) is 77.0 Å². The Balaban J connectivity index is 1.12. The monoisotopic (exact) mass is 840 g/mol. The summed E-state index contributed by atoms with van der Waals surface area (Å²) in [5.74, 6) is 2.50. The molecule has 0 spiro atoms. The van der Waals surface area contributed by atoms with E-state index in [2.05, 4.69) is 184 Å². The van der Waals surface area contributed by atoms with Crippen LogP contribution in [0.15, 0.2) is 170 Å². The number of hydrogen-bond acceptors (Lipinski definition) is 4. The summed E-state index contributed by atoms with van der Waals surface area (Å²) in [5, 5.41) is 2.30. The zero-order valence-electron chi connectivity index (χ0n) is 37.6. The van der Waals surface area contributed by atoms with Crippen molar-refractivity contribution < 1.29 is 9.13 Å². The average Bonchev–Trinajstić information content (AvgIpc) is 3.84. The molecule has 6 heteroatoms. The van der Waals surface area contributed by atoms with E-state index >= 15 is 4.39 Å². The highest BCUT2D eigenvalue weighted by Gasteiger charge is 2.33. The van der Waals surface area contributed by atoms with E-state index in [1.807, 2.05) is 36.5 Å². The molecule has 64 heavy (non-hydrogen) atoms. The Hall–Kier alpha value is -7.18. The van der Waals surface area contributed by atoms with Crippen molar-refractivity contribution in [3.05, 3.63) is 192 Å².